The Balaban J connectivity index is 1.65. The Morgan fingerprint density at radius 3 is 2.58 bits per heavy atom. The van der Waals surface area contributed by atoms with Crippen LogP contribution in [0.15, 0.2) is 24.3 Å². The molecule has 0 N–H and O–H groups in total. The van der Waals surface area contributed by atoms with Gasteiger partial charge in [0.1, 0.15) is 10.8 Å². The molecule has 5 nitrogen and oxygen atoms in total. The second-order valence-corrected chi connectivity index (χ2v) is 7.24. The Morgan fingerprint density at radius 1 is 1.21 bits per heavy atom. The zero-order valence-corrected chi connectivity index (χ0v) is 15.0. The minimum atomic E-state index is 0.138. The van der Waals surface area contributed by atoms with Crippen molar-refractivity contribution in [1.82, 2.24) is 10.2 Å². The molecule has 1 aliphatic carbocycles. The van der Waals surface area contributed by atoms with E-state index in [4.69, 9.17) is 4.74 Å². The Morgan fingerprint density at radius 2 is 1.92 bits per heavy atom. The van der Waals surface area contributed by atoms with E-state index < -0.39 is 0 Å². The largest absolute Gasteiger partial charge is 0.497 e. The van der Waals surface area contributed by atoms with Gasteiger partial charge in [0.2, 0.25) is 11.0 Å². The van der Waals surface area contributed by atoms with Crippen LogP contribution in [0.2, 0.25) is 0 Å². The van der Waals surface area contributed by atoms with E-state index in [1.807, 2.05) is 24.3 Å². The highest BCUT2D eigenvalue weighted by molar-refractivity contribution is 7.18. The molecule has 3 rings (SSSR count). The Hall–Kier alpha value is -1.95. The minimum absolute atomic E-state index is 0.138. The van der Waals surface area contributed by atoms with Crippen molar-refractivity contribution < 1.29 is 9.53 Å². The molecule has 2 aromatic rings. The van der Waals surface area contributed by atoms with E-state index in [1.54, 1.807) is 19.1 Å². The fraction of sp³-hybridized carbons (Fsp3) is 0.500. The van der Waals surface area contributed by atoms with Crippen molar-refractivity contribution in [3.8, 4) is 16.3 Å². The first kappa shape index (κ1) is 16.9. The zero-order valence-electron chi connectivity index (χ0n) is 14.2. The van der Waals surface area contributed by atoms with E-state index >= 15 is 0 Å². The molecule has 0 saturated heterocycles. The van der Waals surface area contributed by atoms with Crippen LogP contribution >= 0.6 is 11.3 Å². The van der Waals surface area contributed by atoms with Crippen LogP contribution in [-0.2, 0) is 4.79 Å². The average Bonchev–Trinajstić information content (AvgIpc) is 3.12. The van der Waals surface area contributed by atoms with Crippen LogP contribution in [0.4, 0.5) is 5.13 Å². The molecule has 1 amide bonds. The van der Waals surface area contributed by atoms with Gasteiger partial charge in [-0.05, 0) is 43.0 Å². The molecule has 1 aromatic carbocycles. The normalized spacial score (nSPS) is 15.2. The van der Waals surface area contributed by atoms with Crippen LogP contribution < -0.4 is 9.64 Å². The molecule has 0 bridgehead atoms. The summed E-state index contributed by atoms with van der Waals surface area (Å²) in [5, 5.41) is 9.88. The van der Waals surface area contributed by atoms with Crippen molar-refractivity contribution in [2.24, 2.45) is 5.92 Å². The molecule has 0 radical (unpaired) electrons. The lowest BCUT2D eigenvalue weighted by molar-refractivity contribution is -0.119. The highest BCUT2D eigenvalue weighted by Gasteiger charge is 2.22. The highest BCUT2D eigenvalue weighted by Crippen LogP contribution is 2.31. The summed E-state index contributed by atoms with van der Waals surface area (Å²) < 4.78 is 5.17. The SMILES string of the molecule is COc1ccc(-c2nnc(N(C)C(=O)CC3CCCCC3)s2)cc1. The van der Waals surface area contributed by atoms with Crippen LogP contribution in [0.1, 0.15) is 38.5 Å². The molecule has 1 saturated carbocycles. The van der Waals surface area contributed by atoms with Crippen molar-refractivity contribution in [2.45, 2.75) is 38.5 Å². The fourth-order valence-electron chi connectivity index (χ4n) is 3.08. The average molecular weight is 345 g/mol. The van der Waals surface area contributed by atoms with Crippen molar-refractivity contribution in [1.29, 1.82) is 0 Å². The molecule has 1 aromatic heterocycles. The number of carbonyl (C=O) groups excluding carboxylic acids is 1. The maximum absolute atomic E-state index is 12.5. The Labute approximate surface area is 146 Å². The maximum atomic E-state index is 12.5. The summed E-state index contributed by atoms with van der Waals surface area (Å²) in [5.74, 6) is 1.48. The number of rotatable bonds is 5. The fourth-order valence-corrected chi connectivity index (χ4v) is 3.91. The van der Waals surface area contributed by atoms with Gasteiger partial charge in [-0.3, -0.25) is 9.69 Å². The molecule has 0 spiro atoms. The van der Waals surface area contributed by atoms with E-state index in [0.717, 1.165) is 16.3 Å². The van der Waals surface area contributed by atoms with Gasteiger partial charge in [0.15, 0.2) is 0 Å². The monoisotopic (exact) mass is 345 g/mol. The molecule has 24 heavy (non-hydrogen) atoms. The Kier molecular flexibility index (Phi) is 5.45. The van der Waals surface area contributed by atoms with Crippen LogP contribution in [0, 0.1) is 5.92 Å². The first-order valence-corrected chi connectivity index (χ1v) is 9.23. The molecule has 1 aliphatic rings. The summed E-state index contributed by atoms with van der Waals surface area (Å²) in [6.45, 7) is 0. The van der Waals surface area contributed by atoms with Crippen LogP contribution in [0.25, 0.3) is 10.6 Å². The molecule has 0 atom stereocenters. The summed E-state index contributed by atoms with van der Waals surface area (Å²) in [5.41, 5.74) is 0.979. The summed E-state index contributed by atoms with van der Waals surface area (Å²) in [7, 11) is 3.44. The van der Waals surface area contributed by atoms with Crippen LogP contribution in [0.3, 0.4) is 0 Å². The molecule has 6 heteroatoms. The second-order valence-electron chi connectivity index (χ2n) is 6.28. The first-order valence-electron chi connectivity index (χ1n) is 8.42. The van der Waals surface area contributed by atoms with Gasteiger partial charge in [-0.15, -0.1) is 10.2 Å². The molecule has 128 valence electrons. The molecular weight excluding hydrogens is 322 g/mol. The third kappa shape index (κ3) is 3.93. The molecular formula is C18H23N3O2S. The standard InChI is InChI=1S/C18H23N3O2S/c1-21(16(22)12-13-6-4-3-5-7-13)18-20-19-17(24-18)14-8-10-15(23-2)11-9-14/h8-11,13H,3-7,12H2,1-2H3. The summed E-state index contributed by atoms with van der Waals surface area (Å²) in [6.07, 6.45) is 6.78. The van der Waals surface area contributed by atoms with Gasteiger partial charge < -0.3 is 4.74 Å². The summed E-state index contributed by atoms with van der Waals surface area (Å²) in [4.78, 5) is 14.1. The number of nitrogens with zero attached hydrogens (tertiary/aromatic N) is 3. The van der Waals surface area contributed by atoms with Crippen molar-refractivity contribution in [3.63, 3.8) is 0 Å². The van der Waals surface area contributed by atoms with Gasteiger partial charge in [-0.2, -0.15) is 0 Å². The molecule has 0 unspecified atom stereocenters. The van der Waals surface area contributed by atoms with Crippen LogP contribution in [-0.4, -0.2) is 30.3 Å². The van der Waals surface area contributed by atoms with E-state index in [9.17, 15) is 4.79 Å². The first-order chi connectivity index (χ1) is 11.7. The van der Waals surface area contributed by atoms with Gasteiger partial charge in [0.25, 0.3) is 0 Å². The molecule has 1 heterocycles. The third-order valence-corrected chi connectivity index (χ3v) is 5.65. The minimum Gasteiger partial charge on any atom is -0.497 e. The zero-order chi connectivity index (χ0) is 16.9. The number of aromatic nitrogens is 2. The number of ether oxygens (including phenoxy) is 1. The van der Waals surface area contributed by atoms with Gasteiger partial charge >= 0.3 is 0 Å². The van der Waals surface area contributed by atoms with Gasteiger partial charge in [0.05, 0.1) is 7.11 Å². The van der Waals surface area contributed by atoms with E-state index in [-0.39, 0.29) is 5.91 Å². The topological polar surface area (TPSA) is 55.3 Å². The second kappa shape index (κ2) is 7.75. The lowest BCUT2D eigenvalue weighted by Gasteiger charge is -2.22. The predicted octanol–water partition coefficient (Wildman–Crippen LogP) is 4.15. The lowest BCUT2D eigenvalue weighted by Crippen LogP contribution is -2.28. The number of hydrogen-bond donors (Lipinski definition) is 0. The van der Waals surface area contributed by atoms with E-state index in [1.165, 1.54) is 43.4 Å². The number of benzene rings is 1. The predicted molar refractivity (Wildman–Crippen MR) is 96.5 cm³/mol. The van der Waals surface area contributed by atoms with Gasteiger partial charge in [0, 0.05) is 19.0 Å². The van der Waals surface area contributed by atoms with Crippen molar-refractivity contribution >= 4 is 22.4 Å². The highest BCUT2D eigenvalue weighted by atomic mass is 32.1. The number of carbonyl (C=O) groups is 1. The Bertz CT molecular complexity index is 678. The molecule has 0 aliphatic heterocycles. The third-order valence-electron chi connectivity index (χ3n) is 4.60. The maximum Gasteiger partial charge on any atom is 0.228 e. The lowest BCUT2D eigenvalue weighted by atomic mass is 9.87. The van der Waals surface area contributed by atoms with Gasteiger partial charge in [-0.1, -0.05) is 30.6 Å². The van der Waals surface area contributed by atoms with E-state index in [2.05, 4.69) is 10.2 Å². The number of hydrogen-bond acceptors (Lipinski definition) is 5. The van der Waals surface area contributed by atoms with Crippen LogP contribution in [0.5, 0.6) is 5.75 Å². The summed E-state index contributed by atoms with van der Waals surface area (Å²) in [6, 6.07) is 7.70. The summed E-state index contributed by atoms with van der Waals surface area (Å²) >= 11 is 1.44. The van der Waals surface area contributed by atoms with E-state index in [0.29, 0.717) is 17.5 Å². The number of methoxy groups -OCH3 is 1. The van der Waals surface area contributed by atoms with Crippen molar-refractivity contribution in [3.05, 3.63) is 24.3 Å². The van der Waals surface area contributed by atoms with Gasteiger partial charge in [-0.25, -0.2) is 0 Å². The quantitative estimate of drug-likeness (QED) is 0.817. The number of anilines is 1. The molecule has 1 fully saturated rings. The van der Waals surface area contributed by atoms with Crippen molar-refractivity contribution in [2.75, 3.05) is 19.1 Å². The smallest absolute Gasteiger partial charge is 0.228 e. The number of amides is 1.